The molecule has 0 bridgehead atoms. The van der Waals surface area contributed by atoms with Gasteiger partial charge < -0.3 is 9.47 Å². The van der Waals surface area contributed by atoms with Crippen molar-refractivity contribution in [2.24, 2.45) is 5.92 Å². The fourth-order valence-corrected chi connectivity index (χ4v) is 2.88. The number of amides is 1. The molecule has 3 rings (SSSR count). The van der Waals surface area contributed by atoms with Gasteiger partial charge in [-0.15, -0.1) is 0 Å². The van der Waals surface area contributed by atoms with Crippen molar-refractivity contribution in [1.82, 2.24) is 29.2 Å². The minimum Gasteiger partial charge on any atom is -0.349 e. The number of fused-ring (bicyclic) bond motifs is 1. The van der Waals surface area contributed by atoms with Crippen LogP contribution in [0.5, 0.6) is 0 Å². The monoisotopic (exact) mass is 354 g/mol. The summed E-state index contributed by atoms with van der Waals surface area (Å²) in [5.74, 6) is 2.18. The molecule has 7 heteroatoms. The van der Waals surface area contributed by atoms with Gasteiger partial charge in [0.15, 0.2) is 0 Å². The van der Waals surface area contributed by atoms with Crippen LogP contribution in [-0.2, 0) is 17.8 Å². The zero-order chi connectivity index (χ0) is 18.7. The molecule has 1 amide bonds. The average molecular weight is 354 g/mol. The van der Waals surface area contributed by atoms with Gasteiger partial charge in [-0.05, 0) is 24.5 Å². The molecule has 0 aliphatic heterocycles. The average Bonchev–Trinajstić information content (AvgIpc) is 3.21. The van der Waals surface area contributed by atoms with E-state index in [2.05, 4.69) is 34.6 Å². The number of aromatic nitrogens is 5. The lowest BCUT2D eigenvalue weighted by Gasteiger charge is -2.12. The molecule has 7 nitrogen and oxygen atoms in total. The van der Waals surface area contributed by atoms with Crippen LogP contribution in [0.3, 0.4) is 0 Å². The molecule has 1 aromatic carbocycles. The molecule has 0 spiro atoms. The number of carbonyl (C=O) groups excluding carboxylic acids is 1. The summed E-state index contributed by atoms with van der Waals surface area (Å²) in [6, 6.07) is 8.11. The molecule has 0 aliphatic carbocycles. The number of para-hydroxylation sites is 2. The van der Waals surface area contributed by atoms with Crippen molar-refractivity contribution < 1.29 is 4.79 Å². The fraction of sp³-hybridized carbons (Fsp3) is 0.474. The Bertz CT molecular complexity index is 892. The van der Waals surface area contributed by atoms with Gasteiger partial charge in [-0.3, -0.25) is 4.79 Å². The van der Waals surface area contributed by atoms with Crippen molar-refractivity contribution in [3.05, 3.63) is 36.4 Å². The fourth-order valence-electron chi connectivity index (χ4n) is 2.88. The highest BCUT2D eigenvalue weighted by atomic mass is 16.2. The number of imidazole rings is 1. The topological polar surface area (TPSA) is 68.8 Å². The highest BCUT2D eigenvalue weighted by Gasteiger charge is 2.17. The second-order valence-corrected chi connectivity index (χ2v) is 7.11. The van der Waals surface area contributed by atoms with E-state index in [4.69, 9.17) is 4.98 Å². The molecule has 0 N–H and O–H groups in total. The minimum absolute atomic E-state index is 0.0767. The second kappa shape index (κ2) is 7.68. The van der Waals surface area contributed by atoms with Crippen LogP contribution in [0.4, 0.5) is 0 Å². The van der Waals surface area contributed by atoms with Gasteiger partial charge in [-0.25, -0.2) is 9.97 Å². The van der Waals surface area contributed by atoms with Crippen LogP contribution in [0.2, 0.25) is 0 Å². The van der Waals surface area contributed by atoms with Crippen LogP contribution in [0.25, 0.3) is 17.0 Å². The van der Waals surface area contributed by atoms with Gasteiger partial charge in [0.25, 0.3) is 0 Å². The van der Waals surface area contributed by atoms with Gasteiger partial charge in [0.1, 0.15) is 12.2 Å². The Kier molecular flexibility index (Phi) is 5.35. The highest BCUT2D eigenvalue weighted by Crippen LogP contribution is 2.21. The van der Waals surface area contributed by atoms with Gasteiger partial charge in [-0.1, -0.05) is 26.0 Å². The Morgan fingerprint density at radius 3 is 2.73 bits per heavy atom. The summed E-state index contributed by atoms with van der Waals surface area (Å²) in [7, 11) is 3.52. The van der Waals surface area contributed by atoms with E-state index in [1.807, 2.05) is 18.2 Å². The Morgan fingerprint density at radius 2 is 2.00 bits per heavy atom. The molecule has 0 radical (unpaired) electrons. The lowest BCUT2D eigenvalue weighted by atomic mass is 10.1. The van der Waals surface area contributed by atoms with Crippen LogP contribution in [0.1, 0.15) is 32.5 Å². The molecule has 26 heavy (non-hydrogen) atoms. The molecule has 0 fully saturated rings. The van der Waals surface area contributed by atoms with Crippen LogP contribution in [-0.4, -0.2) is 49.2 Å². The number of rotatable bonds is 7. The van der Waals surface area contributed by atoms with E-state index < -0.39 is 0 Å². The molecule has 0 saturated heterocycles. The van der Waals surface area contributed by atoms with Crippen molar-refractivity contribution >= 4 is 16.9 Å². The van der Waals surface area contributed by atoms with E-state index in [1.165, 1.54) is 6.33 Å². The first-order valence-corrected chi connectivity index (χ1v) is 9.02. The predicted molar refractivity (Wildman–Crippen MR) is 101 cm³/mol. The van der Waals surface area contributed by atoms with E-state index in [-0.39, 0.29) is 5.91 Å². The number of hydrogen-bond donors (Lipinski definition) is 0. The summed E-state index contributed by atoms with van der Waals surface area (Å²) in [5.41, 5.74) is 2.03. The van der Waals surface area contributed by atoms with Gasteiger partial charge in [0, 0.05) is 33.5 Å². The van der Waals surface area contributed by atoms with Gasteiger partial charge >= 0.3 is 0 Å². The largest absolute Gasteiger partial charge is 0.349 e. The number of aryl methyl sites for hydroxylation is 2. The van der Waals surface area contributed by atoms with Crippen molar-refractivity contribution in [2.45, 2.75) is 39.7 Å². The van der Waals surface area contributed by atoms with E-state index in [0.29, 0.717) is 18.8 Å². The summed E-state index contributed by atoms with van der Waals surface area (Å²) in [6.07, 6.45) is 3.51. The second-order valence-electron chi connectivity index (χ2n) is 7.11. The molecular formula is C19H26N6O. The van der Waals surface area contributed by atoms with Gasteiger partial charge in [0.2, 0.25) is 11.9 Å². The zero-order valence-corrected chi connectivity index (χ0v) is 15.9. The Hall–Kier alpha value is -2.70. The SMILES string of the molecule is CC(C)CCn1c(-n2ncnc2CCC(=O)N(C)C)nc2ccccc21. The first-order chi connectivity index (χ1) is 12.5. The summed E-state index contributed by atoms with van der Waals surface area (Å²) < 4.78 is 3.96. The van der Waals surface area contributed by atoms with E-state index in [1.54, 1.807) is 23.7 Å². The number of benzene rings is 1. The van der Waals surface area contributed by atoms with Crippen LogP contribution in [0, 0.1) is 5.92 Å². The van der Waals surface area contributed by atoms with Crippen LogP contribution >= 0.6 is 0 Å². The van der Waals surface area contributed by atoms with E-state index in [9.17, 15) is 4.79 Å². The van der Waals surface area contributed by atoms with Gasteiger partial charge in [0.05, 0.1) is 11.0 Å². The van der Waals surface area contributed by atoms with Gasteiger partial charge in [-0.2, -0.15) is 9.78 Å². The number of hydrogen-bond acceptors (Lipinski definition) is 4. The highest BCUT2D eigenvalue weighted by molar-refractivity contribution is 5.77. The Labute approximate surface area is 153 Å². The summed E-state index contributed by atoms with van der Waals surface area (Å²) in [6.45, 7) is 5.29. The lowest BCUT2D eigenvalue weighted by molar-refractivity contribution is -0.128. The third-order valence-corrected chi connectivity index (χ3v) is 4.43. The summed E-state index contributed by atoms with van der Waals surface area (Å²) >= 11 is 0. The maximum absolute atomic E-state index is 11.9. The summed E-state index contributed by atoms with van der Waals surface area (Å²) in [4.78, 5) is 22.7. The zero-order valence-electron chi connectivity index (χ0n) is 15.9. The molecule has 2 heterocycles. The van der Waals surface area contributed by atoms with Crippen LogP contribution in [0.15, 0.2) is 30.6 Å². The van der Waals surface area contributed by atoms with E-state index >= 15 is 0 Å². The molecule has 0 unspecified atom stereocenters. The Balaban J connectivity index is 1.96. The molecule has 2 aromatic heterocycles. The third kappa shape index (κ3) is 3.76. The van der Waals surface area contributed by atoms with Crippen molar-refractivity contribution in [1.29, 1.82) is 0 Å². The normalized spacial score (nSPS) is 11.4. The predicted octanol–water partition coefficient (Wildman–Crippen LogP) is 2.68. The van der Waals surface area contributed by atoms with Crippen molar-refractivity contribution in [3.63, 3.8) is 0 Å². The molecular weight excluding hydrogens is 328 g/mol. The third-order valence-electron chi connectivity index (χ3n) is 4.43. The van der Waals surface area contributed by atoms with Crippen molar-refractivity contribution in [2.75, 3.05) is 14.1 Å². The molecule has 0 atom stereocenters. The Morgan fingerprint density at radius 1 is 1.23 bits per heavy atom. The quantitative estimate of drug-likeness (QED) is 0.654. The smallest absolute Gasteiger partial charge is 0.233 e. The minimum atomic E-state index is 0.0767. The standard InChI is InChI=1S/C19H26N6O/c1-14(2)11-12-24-16-8-6-5-7-15(16)22-19(24)25-17(20-13-21-25)9-10-18(26)23(3)4/h5-8,13-14H,9-12H2,1-4H3. The van der Waals surface area contributed by atoms with Crippen LogP contribution < -0.4 is 0 Å². The first kappa shape index (κ1) is 18.1. The summed E-state index contributed by atoms with van der Waals surface area (Å²) in [5, 5.41) is 4.39. The maximum Gasteiger partial charge on any atom is 0.233 e. The van der Waals surface area contributed by atoms with E-state index in [0.717, 1.165) is 35.8 Å². The molecule has 3 aromatic rings. The number of nitrogens with zero attached hydrogens (tertiary/aromatic N) is 6. The maximum atomic E-state index is 11.9. The molecule has 0 saturated carbocycles. The first-order valence-electron chi connectivity index (χ1n) is 9.02. The molecule has 138 valence electrons. The molecule has 0 aliphatic rings. The van der Waals surface area contributed by atoms with Crippen molar-refractivity contribution in [3.8, 4) is 5.95 Å². The lowest BCUT2D eigenvalue weighted by Crippen LogP contribution is -2.22. The number of carbonyl (C=O) groups is 1.